The first kappa shape index (κ1) is 10.9. The zero-order valence-corrected chi connectivity index (χ0v) is 9.37. The summed E-state index contributed by atoms with van der Waals surface area (Å²) >= 11 is 3.14. The number of anilines is 1. The fourth-order valence-corrected chi connectivity index (χ4v) is 1.38. The number of carboxylic acid groups (broad SMARTS) is 1. The van der Waals surface area contributed by atoms with Crippen LogP contribution in [-0.2, 0) is 0 Å². The SMILES string of the molecule is CC(C)Nc1ncnc(C(=O)O)c1Br. The summed E-state index contributed by atoms with van der Waals surface area (Å²) in [4.78, 5) is 18.3. The first-order valence-corrected chi connectivity index (χ1v) is 4.82. The van der Waals surface area contributed by atoms with Gasteiger partial charge in [-0.3, -0.25) is 0 Å². The number of rotatable bonds is 3. The molecule has 0 atom stereocenters. The zero-order valence-electron chi connectivity index (χ0n) is 7.78. The Morgan fingerprint density at radius 3 is 2.71 bits per heavy atom. The van der Waals surface area contributed by atoms with E-state index in [0.29, 0.717) is 10.3 Å². The van der Waals surface area contributed by atoms with Gasteiger partial charge in [0, 0.05) is 6.04 Å². The van der Waals surface area contributed by atoms with Gasteiger partial charge in [-0.15, -0.1) is 0 Å². The molecule has 0 aromatic carbocycles. The van der Waals surface area contributed by atoms with E-state index in [4.69, 9.17) is 5.11 Å². The van der Waals surface area contributed by atoms with Crippen molar-refractivity contribution in [3.8, 4) is 0 Å². The maximum Gasteiger partial charge on any atom is 0.355 e. The van der Waals surface area contributed by atoms with Crippen LogP contribution in [0.15, 0.2) is 10.8 Å². The Kier molecular flexibility index (Phi) is 3.40. The van der Waals surface area contributed by atoms with Crippen LogP contribution in [0.1, 0.15) is 24.3 Å². The van der Waals surface area contributed by atoms with Gasteiger partial charge in [0.05, 0.1) is 4.47 Å². The first-order chi connectivity index (χ1) is 6.52. The highest BCUT2D eigenvalue weighted by Gasteiger charge is 2.14. The van der Waals surface area contributed by atoms with E-state index >= 15 is 0 Å². The molecule has 0 bridgehead atoms. The van der Waals surface area contributed by atoms with Gasteiger partial charge in [-0.05, 0) is 29.8 Å². The van der Waals surface area contributed by atoms with Crippen molar-refractivity contribution in [3.05, 3.63) is 16.5 Å². The van der Waals surface area contributed by atoms with Gasteiger partial charge in [-0.25, -0.2) is 14.8 Å². The molecule has 76 valence electrons. The Morgan fingerprint density at radius 1 is 1.57 bits per heavy atom. The molecule has 0 aliphatic carbocycles. The summed E-state index contributed by atoms with van der Waals surface area (Å²) < 4.78 is 0.376. The molecule has 0 aliphatic rings. The molecule has 6 heteroatoms. The van der Waals surface area contributed by atoms with Crippen LogP contribution in [-0.4, -0.2) is 27.1 Å². The fraction of sp³-hybridized carbons (Fsp3) is 0.375. The van der Waals surface area contributed by atoms with E-state index < -0.39 is 5.97 Å². The summed E-state index contributed by atoms with van der Waals surface area (Å²) in [6, 6.07) is 0.183. The molecule has 14 heavy (non-hydrogen) atoms. The second kappa shape index (κ2) is 4.36. The van der Waals surface area contributed by atoms with Crippen molar-refractivity contribution >= 4 is 27.7 Å². The Labute approximate surface area is 89.7 Å². The molecular weight excluding hydrogens is 250 g/mol. The van der Waals surface area contributed by atoms with E-state index in [2.05, 4.69) is 31.2 Å². The Bertz CT molecular complexity index is 354. The van der Waals surface area contributed by atoms with E-state index in [1.54, 1.807) is 0 Å². The quantitative estimate of drug-likeness (QED) is 0.866. The lowest BCUT2D eigenvalue weighted by Crippen LogP contribution is -2.13. The van der Waals surface area contributed by atoms with Crippen molar-refractivity contribution < 1.29 is 9.90 Å². The third kappa shape index (κ3) is 2.41. The first-order valence-electron chi connectivity index (χ1n) is 4.02. The number of aromatic nitrogens is 2. The van der Waals surface area contributed by atoms with Crippen LogP contribution in [0.2, 0.25) is 0 Å². The number of nitrogens with zero attached hydrogens (tertiary/aromatic N) is 2. The van der Waals surface area contributed by atoms with E-state index in [0.717, 1.165) is 0 Å². The van der Waals surface area contributed by atoms with Crippen molar-refractivity contribution in [1.29, 1.82) is 0 Å². The van der Waals surface area contributed by atoms with E-state index in [-0.39, 0.29) is 11.7 Å². The van der Waals surface area contributed by atoms with Gasteiger partial charge in [0.25, 0.3) is 0 Å². The molecule has 1 aromatic rings. The molecule has 1 aromatic heterocycles. The molecule has 1 rings (SSSR count). The third-order valence-electron chi connectivity index (χ3n) is 1.42. The largest absolute Gasteiger partial charge is 0.476 e. The minimum absolute atomic E-state index is 0.0387. The van der Waals surface area contributed by atoms with Crippen LogP contribution < -0.4 is 5.32 Å². The lowest BCUT2D eigenvalue weighted by Gasteiger charge is -2.10. The van der Waals surface area contributed by atoms with Crippen molar-refractivity contribution in [2.75, 3.05) is 5.32 Å². The predicted octanol–water partition coefficient (Wildman–Crippen LogP) is 1.76. The van der Waals surface area contributed by atoms with Crippen LogP contribution in [0.3, 0.4) is 0 Å². The summed E-state index contributed by atoms with van der Waals surface area (Å²) in [6.45, 7) is 3.88. The molecule has 0 saturated heterocycles. The predicted molar refractivity (Wildman–Crippen MR) is 55.5 cm³/mol. The van der Waals surface area contributed by atoms with Crippen LogP contribution >= 0.6 is 15.9 Å². The van der Waals surface area contributed by atoms with Gasteiger partial charge >= 0.3 is 5.97 Å². The van der Waals surface area contributed by atoms with E-state index in [1.807, 2.05) is 13.8 Å². The van der Waals surface area contributed by atoms with Gasteiger partial charge < -0.3 is 10.4 Å². The lowest BCUT2D eigenvalue weighted by atomic mass is 10.3. The average molecular weight is 260 g/mol. The summed E-state index contributed by atoms with van der Waals surface area (Å²) in [5.74, 6) is -0.585. The monoisotopic (exact) mass is 259 g/mol. The minimum atomic E-state index is -1.08. The molecule has 5 nitrogen and oxygen atoms in total. The highest BCUT2D eigenvalue weighted by molar-refractivity contribution is 9.10. The Morgan fingerprint density at radius 2 is 2.21 bits per heavy atom. The van der Waals surface area contributed by atoms with Gasteiger partial charge in [-0.2, -0.15) is 0 Å². The van der Waals surface area contributed by atoms with Crippen LogP contribution in [0.5, 0.6) is 0 Å². The van der Waals surface area contributed by atoms with Gasteiger partial charge in [-0.1, -0.05) is 0 Å². The molecular formula is C8H10BrN3O2. The second-order valence-corrected chi connectivity index (χ2v) is 3.78. The molecule has 0 radical (unpaired) electrons. The number of nitrogens with one attached hydrogen (secondary N) is 1. The number of hydrogen-bond donors (Lipinski definition) is 2. The van der Waals surface area contributed by atoms with Gasteiger partial charge in [0.2, 0.25) is 0 Å². The lowest BCUT2D eigenvalue weighted by molar-refractivity contribution is 0.0689. The van der Waals surface area contributed by atoms with Crippen molar-refractivity contribution in [2.24, 2.45) is 0 Å². The number of hydrogen-bond acceptors (Lipinski definition) is 4. The standard InChI is InChI=1S/C8H10BrN3O2/c1-4(2)12-7-5(9)6(8(13)14)10-3-11-7/h3-4H,1-2H3,(H,13,14)(H,10,11,12). The highest BCUT2D eigenvalue weighted by Crippen LogP contribution is 2.22. The average Bonchev–Trinajstić information content (AvgIpc) is 2.07. The zero-order chi connectivity index (χ0) is 10.7. The maximum absolute atomic E-state index is 10.7. The van der Waals surface area contributed by atoms with Crippen LogP contribution in [0.4, 0.5) is 5.82 Å². The normalized spacial score (nSPS) is 10.3. The number of carboxylic acids is 1. The number of halogens is 1. The highest BCUT2D eigenvalue weighted by atomic mass is 79.9. The summed E-state index contributed by atoms with van der Waals surface area (Å²) in [5, 5.41) is 11.8. The molecule has 2 N–H and O–H groups in total. The van der Waals surface area contributed by atoms with E-state index in [1.165, 1.54) is 6.33 Å². The molecule has 1 heterocycles. The Balaban J connectivity index is 3.07. The van der Waals surface area contributed by atoms with Crippen LogP contribution in [0.25, 0.3) is 0 Å². The molecule has 0 unspecified atom stereocenters. The molecule has 0 saturated carbocycles. The number of aromatic carboxylic acids is 1. The summed E-state index contributed by atoms with van der Waals surface area (Å²) in [7, 11) is 0. The van der Waals surface area contributed by atoms with Crippen LogP contribution in [0, 0.1) is 0 Å². The smallest absolute Gasteiger partial charge is 0.355 e. The fourth-order valence-electron chi connectivity index (χ4n) is 0.893. The topological polar surface area (TPSA) is 75.1 Å². The van der Waals surface area contributed by atoms with Crippen molar-refractivity contribution in [2.45, 2.75) is 19.9 Å². The van der Waals surface area contributed by atoms with Gasteiger partial charge in [0.15, 0.2) is 5.69 Å². The van der Waals surface area contributed by atoms with Crippen molar-refractivity contribution in [1.82, 2.24) is 9.97 Å². The molecule has 0 fully saturated rings. The Hall–Kier alpha value is -1.17. The maximum atomic E-state index is 10.7. The minimum Gasteiger partial charge on any atom is -0.476 e. The van der Waals surface area contributed by atoms with Crippen molar-refractivity contribution in [3.63, 3.8) is 0 Å². The third-order valence-corrected chi connectivity index (χ3v) is 2.17. The summed E-state index contributed by atoms with van der Waals surface area (Å²) in [6.07, 6.45) is 1.22. The molecule has 0 amide bonds. The number of carbonyl (C=O) groups is 1. The summed E-state index contributed by atoms with van der Waals surface area (Å²) in [5.41, 5.74) is -0.0387. The molecule has 0 aliphatic heterocycles. The second-order valence-electron chi connectivity index (χ2n) is 2.99. The molecule has 0 spiro atoms. The van der Waals surface area contributed by atoms with E-state index in [9.17, 15) is 4.79 Å². The van der Waals surface area contributed by atoms with Gasteiger partial charge in [0.1, 0.15) is 12.1 Å².